The highest BCUT2D eigenvalue weighted by molar-refractivity contribution is 6.31. The van der Waals surface area contributed by atoms with Crippen LogP contribution in [-0.4, -0.2) is 16.7 Å². The predicted molar refractivity (Wildman–Crippen MR) is 82.6 cm³/mol. The molecular formula is C16H19ClN2O2. The Kier molecular flexibility index (Phi) is 3.89. The summed E-state index contributed by atoms with van der Waals surface area (Å²) in [6, 6.07) is 4.38. The summed E-state index contributed by atoms with van der Waals surface area (Å²) in [7, 11) is 0. The molecule has 0 aromatic heterocycles. The van der Waals surface area contributed by atoms with Gasteiger partial charge in [-0.2, -0.15) is 5.10 Å². The molecule has 112 valence electrons. The first-order chi connectivity index (χ1) is 10.0. The number of amides is 1. The second kappa shape index (κ2) is 5.68. The number of carbonyl (C=O) groups excluding carboxylic acids is 1. The number of hydrogen-bond acceptors (Lipinski definition) is 3. The van der Waals surface area contributed by atoms with Crippen LogP contribution < -0.4 is 5.43 Å². The van der Waals surface area contributed by atoms with E-state index >= 15 is 0 Å². The zero-order valence-electron chi connectivity index (χ0n) is 12.0. The smallest absolute Gasteiger partial charge is 0.275 e. The van der Waals surface area contributed by atoms with Gasteiger partial charge in [0.15, 0.2) is 0 Å². The van der Waals surface area contributed by atoms with Crippen molar-refractivity contribution in [2.24, 2.45) is 22.9 Å². The largest absolute Gasteiger partial charge is 0.507 e. The van der Waals surface area contributed by atoms with Crippen LogP contribution in [0.3, 0.4) is 0 Å². The second-order valence-electron chi connectivity index (χ2n) is 6.14. The molecule has 2 N–H and O–H groups in total. The van der Waals surface area contributed by atoms with E-state index in [1.807, 2.05) is 6.92 Å². The number of phenolic OH excluding ortho intramolecular Hbond substituents is 1. The highest BCUT2D eigenvalue weighted by Crippen LogP contribution is 2.48. The van der Waals surface area contributed by atoms with E-state index in [-0.39, 0.29) is 11.3 Å². The molecule has 1 aromatic rings. The Labute approximate surface area is 129 Å². The lowest BCUT2D eigenvalue weighted by Gasteiger charge is -2.21. The van der Waals surface area contributed by atoms with Crippen LogP contribution >= 0.6 is 11.6 Å². The van der Waals surface area contributed by atoms with Crippen LogP contribution in [0, 0.1) is 17.8 Å². The molecule has 2 aliphatic rings. The topological polar surface area (TPSA) is 61.7 Å². The normalized spacial score (nSPS) is 27.9. The Morgan fingerprint density at radius 2 is 2.19 bits per heavy atom. The Morgan fingerprint density at radius 3 is 2.86 bits per heavy atom. The summed E-state index contributed by atoms with van der Waals surface area (Å²) in [6.45, 7) is 1.98. The zero-order chi connectivity index (χ0) is 15.0. The van der Waals surface area contributed by atoms with Crippen LogP contribution in [0.2, 0.25) is 5.02 Å². The number of benzene rings is 1. The molecule has 0 radical (unpaired) electrons. The number of carbonyl (C=O) groups is 1. The highest BCUT2D eigenvalue weighted by atomic mass is 35.5. The lowest BCUT2D eigenvalue weighted by Crippen LogP contribution is -2.24. The number of hydrogen-bond donors (Lipinski definition) is 2. The van der Waals surface area contributed by atoms with Crippen molar-refractivity contribution in [3.63, 3.8) is 0 Å². The summed E-state index contributed by atoms with van der Waals surface area (Å²) in [5.41, 5.74) is 3.66. The van der Waals surface area contributed by atoms with Crippen molar-refractivity contribution in [2.45, 2.75) is 32.6 Å². The molecule has 4 nitrogen and oxygen atoms in total. The van der Waals surface area contributed by atoms with Gasteiger partial charge in [0, 0.05) is 16.7 Å². The van der Waals surface area contributed by atoms with Gasteiger partial charge in [0.25, 0.3) is 5.91 Å². The van der Waals surface area contributed by atoms with E-state index in [1.54, 1.807) is 0 Å². The minimum atomic E-state index is -0.433. The van der Waals surface area contributed by atoms with E-state index in [9.17, 15) is 9.90 Å². The van der Waals surface area contributed by atoms with Gasteiger partial charge in [-0.25, -0.2) is 5.43 Å². The van der Waals surface area contributed by atoms with Crippen molar-refractivity contribution in [1.29, 1.82) is 0 Å². The van der Waals surface area contributed by atoms with Crippen LogP contribution in [-0.2, 0) is 0 Å². The standard InChI is InChI=1S/C16H19ClN2O2/c1-9(13-7-10-2-3-11(13)6-10)18-19-16(21)14-8-12(17)4-5-15(14)20/h4-5,8,10-11,13,20H,2-3,6-7H2,1H3,(H,19,21). The van der Waals surface area contributed by atoms with Crippen LogP contribution in [0.25, 0.3) is 0 Å². The number of nitrogens with one attached hydrogen (secondary N) is 1. The van der Waals surface area contributed by atoms with E-state index in [0.717, 1.165) is 17.5 Å². The average molecular weight is 307 g/mol. The Morgan fingerprint density at radius 1 is 1.38 bits per heavy atom. The van der Waals surface area contributed by atoms with Crippen LogP contribution in [0.4, 0.5) is 0 Å². The van der Waals surface area contributed by atoms with Gasteiger partial charge < -0.3 is 5.11 Å². The Hall–Kier alpha value is -1.55. The molecule has 21 heavy (non-hydrogen) atoms. The first-order valence-corrected chi connectivity index (χ1v) is 7.75. The van der Waals surface area contributed by atoms with Crippen molar-refractivity contribution in [3.05, 3.63) is 28.8 Å². The summed E-state index contributed by atoms with van der Waals surface area (Å²) >= 11 is 5.84. The number of fused-ring (bicyclic) bond motifs is 2. The summed E-state index contributed by atoms with van der Waals surface area (Å²) < 4.78 is 0. The number of aromatic hydroxyl groups is 1. The molecular weight excluding hydrogens is 288 g/mol. The summed E-state index contributed by atoms with van der Waals surface area (Å²) in [6.07, 6.45) is 5.13. The summed E-state index contributed by atoms with van der Waals surface area (Å²) in [5, 5.41) is 14.3. The van der Waals surface area contributed by atoms with E-state index < -0.39 is 5.91 Å². The number of rotatable bonds is 3. The quantitative estimate of drug-likeness (QED) is 0.662. The average Bonchev–Trinajstić information content (AvgIpc) is 3.09. The van der Waals surface area contributed by atoms with Crippen LogP contribution in [0.15, 0.2) is 23.3 Å². The van der Waals surface area contributed by atoms with Gasteiger partial charge in [-0.3, -0.25) is 4.79 Å². The van der Waals surface area contributed by atoms with Crippen molar-refractivity contribution in [2.75, 3.05) is 0 Å². The summed E-state index contributed by atoms with van der Waals surface area (Å²) in [5.74, 6) is 1.55. The van der Waals surface area contributed by atoms with Crippen molar-refractivity contribution < 1.29 is 9.90 Å². The maximum atomic E-state index is 12.1. The number of phenols is 1. The molecule has 0 aliphatic heterocycles. The van der Waals surface area contributed by atoms with E-state index in [2.05, 4.69) is 10.5 Å². The first kappa shape index (κ1) is 14.4. The molecule has 0 saturated heterocycles. The zero-order valence-corrected chi connectivity index (χ0v) is 12.7. The highest BCUT2D eigenvalue weighted by Gasteiger charge is 2.40. The molecule has 5 heteroatoms. The molecule has 1 aromatic carbocycles. The lowest BCUT2D eigenvalue weighted by atomic mass is 9.86. The molecule has 3 rings (SSSR count). The minimum absolute atomic E-state index is 0.0929. The molecule has 0 heterocycles. The van der Waals surface area contributed by atoms with Gasteiger partial charge in [0.1, 0.15) is 5.75 Å². The molecule has 2 fully saturated rings. The molecule has 2 saturated carbocycles. The van der Waals surface area contributed by atoms with E-state index in [0.29, 0.717) is 10.9 Å². The predicted octanol–water partition coefficient (Wildman–Crippen LogP) is 3.59. The lowest BCUT2D eigenvalue weighted by molar-refractivity contribution is 0.0951. The fourth-order valence-corrected chi connectivity index (χ4v) is 3.90. The minimum Gasteiger partial charge on any atom is -0.507 e. The third kappa shape index (κ3) is 2.91. The van der Waals surface area contributed by atoms with Crippen molar-refractivity contribution in [1.82, 2.24) is 5.43 Å². The number of halogens is 1. The fourth-order valence-electron chi connectivity index (χ4n) is 3.73. The Bertz CT molecular complexity index is 600. The third-order valence-electron chi connectivity index (χ3n) is 4.81. The fraction of sp³-hybridized carbons (Fsp3) is 0.500. The molecule has 3 atom stereocenters. The maximum Gasteiger partial charge on any atom is 0.275 e. The van der Waals surface area contributed by atoms with Gasteiger partial charge in [-0.1, -0.05) is 18.0 Å². The SMILES string of the molecule is CC(=NNC(=O)c1cc(Cl)ccc1O)C1CC2CCC1C2. The monoisotopic (exact) mass is 306 g/mol. The molecule has 2 aliphatic carbocycles. The van der Waals surface area contributed by atoms with Crippen molar-refractivity contribution in [3.8, 4) is 5.75 Å². The van der Waals surface area contributed by atoms with Gasteiger partial charge in [0.2, 0.25) is 0 Å². The number of nitrogens with zero attached hydrogens (tertiary/aromatic N) is 1. The van der Waals surface area contributed by atoms with Crippen LogP contribution in [0.5, 0.6) is 5.75 Å². The van der Waals surface area contributed by atoms with Gasteiger partial charge >= 0.3 is 0 Å². The molecule has 0 spiro atoms. The summed E-state index contributed by atoms with van der Waals surface area (Å²) in [4.78, 5) is 12.1. The van der Waals surface area contributed by atoms with Gasteiger partial charge in [0.05, 0.1) is 5.56 Å². The van der Waals surface area contributed by atoms with Gasteiger partial charge in [-0.05, 0) is 56.2 Å². The maximum absolute atomic E-state index is 12.1. The van der Waals surface area contributed by atoms with Crippen LogP contribution in [0.1, 0.15) is 43.0 Å². The number of hydrazone groups is 1. The van der Waals surface area contributed by atoms with E-state index in [1.165, 1.54) is 43.9 Å². The molecule has 1 amide bonds. The molecule has 3 unspecified atom stereocenters. The first-order valence-electron chi connectivity index (χ1n) is 7.37. The Balaban J connectivity index is 1.67. The molecule has 2 bridgehead atoms. The van der Waals surface area contributed by atoms with Crippen molar-refractivity contribution >= 4 is 23.2 Å². The van der Waals surface area contributed by atoms with Gasteiger partial charge in [-0.15, -0.1) is 0 Å². The second-order valence-corrected chi connectivity index (χ2v) is 6.57. The third-order valence-corrected chi connectivity index (χ3v) is 5.05. The van der Waals surface area contributed by atoms with E-state index in [4.69, 9.17) is 11.6 Å².